The van der Waals surface area contributed by atoms with Crippen LogP contribution < -0.4 is 5.32 Å². The lowest BCUT2D eigenvalue weighted by Crippen LogP contribution is -2.51. The minimum absolute atomic E-state index is 0.102. The Balaban J connectivity index is 1.54. The third kappa shape index (κ3) is 4.63. The van der Waals surface area contributed by atoms with Gasteiger partial charge in [-0.1, -0.05) is 17.7 Å². The number of hydrogen-bond acceptors (Lipinski definition) is 5. The number of amides is 1. The summed E-state index contributed by atoms with van der Waals surface area (Å²) < 4.78 is 32.7. The lowest BCUT2D eigenvalue weighted by atomic mass is 10.2. The summed E-state index contributed by atoms with van der Waals surface area (Å²) in [7, 11) is -3.52. The Labute approximate surface area is 166 Å². The average molecular weight is 406 g/mol. The van der Waals surface area contributed by atoms with Crippen molar-refractivity contribution in [2.45, 2.75) is 31.7 Å². The number of carbonyl (C=O) groups is 1. The maximum absolute atomic E-state index is 12.9. The second-order valence-electron chi connectivity index (χ2n) is 7.25. The van der Waals surface area contributed by atoms with Crippen LogP contribution in [0.5, 0.6) is 0 Å². The summed E-state index contributed by atoms with van der Waals surface area (Å²) in [5.74, 6) is 0.604. The first kappa shape index (κ1) is 20.6. The lowest BCUT2D eigenvalue weighted by molar-refractivity contribution is -0.123. The summed E-state index contributed by atoms with van der Waals surface area (Å²) >= 11 is 0. The van der Waals surface area contributed by atoms with Crippen molar-refractivity contribution in [1.29, 1.82) is 0 Å². The fraction of sp³-hybridized carbons (Fsp3) is 0.450. The minimum atomic E-state index is -3.52. The van der Waals surface area contributed by atoms with Crippen LogP contribution in [0.15, 0.2) is 45.9 Å². The summed E-state index contributed by atoms with van der Waals surface area (Å²) in [4.78, 5) is 14.6. The van der Waals surface area contributed by atoms with E-state index >= 15 is 0 Å². The van der Waals surface area contributed by atoms with E-state index in [1.165, 1.54) is 4.31 Å². The van der Waals surface area contributed by atoms with Crippen molar-refractivity contribution in [2.24, 2.45) is 0 Å². The molecule has 1 aromatic heterocycles. The number of benzene rings is 1. The molecule has 1 aliphatic rings. The van der Waals surface area contributed by atoms with Crippen LogP contribution in [-0.2, 0) is 14.8 Å². The van der Waals surface area contributed by atoms with Crippen LogP contribution in [0.2, 0.25) is 0 Å². The Hall–Kier alpha value is -2.16. The van der Waals surface area contributed by atoms with Gasteiger partial charge in [-0.3, -0.25) is 9.69 Å². The van der Waals surface area contributed by atoms with Gasteiger partial charge in [0, 0.05) is 26.2 Å². The van der Waals surface area contributed by atoms with E-state index in [0.29, 0.717) is 36.8 Å². The fourth-order valence-electron chi connectivity index (χ4n) is 3.45. The molecule has 0 aliphatic carbocycles. The van der Waals surface area contributed by atoms with E-state index in [2.05, 4.69) is 5.32 Å². The Morgan fingerprint density at radius 2 is 1.89 bits per heavy atom. The molecular weight excluding hydrogens is 378 g/mol. The molecule has 1 aliphatic heterocycles. The van der Waals surface area contributed by atoms with Crippen LogP contribution in [0.25, 0.3) is 0 Å². The number of sulfonamides is 1. The molecule has 1 unspecified atom stereocenters. The van der Waals surface area contributed by atoms with Crippen molar-refractivity contribution in [2.75, 3.05) is 32.7 Å². The molecule has 1 aromatic carbocycles. The molecule has 3 rings (SSSR count). The summed E-state index contributed by atoms with van der Waals surface area (Å²) in [6.07, 6.45) is 1.58. The fourth-order valence-corrected chi connectivity index (χ4v) is 5.08. The van der Waals surface area contributed by atoms with Crippen LogP contribution in [0, 0.1) is 13.8 Å². The first-order chi connectivity index (χ1) is 13.3. The van der Waals surface area contributed by atoms with E-state index in [9.17, 15) is 13.2 Å². The van der Waals surface area contributed by atoms with Crippen LogP contribution >= 0.6 is 0 Å². The van der Waals surface area contributed by atoms with Gasteiger partial charge in [-0.25, -0.2) is 8.42 Å². The molecule has 0 spiro atoms. The molecule has 8 heteroatoms. The number of carbonyl (C=O) groups excluding carboxylic acids is 1. The van der Waals surface area contributed by atoms with E-state index in [0.717, 1.165) is 11.1 Å². The molecule has 1 fully saturated rings. The standard InChI is InChI=1S/C20H27N3O4S/c1-15-6-7-19(16(2)13-15)28(25,26)23-10-8-22(9-11-23)14-20(24)21-17(3)18-5-4-12-27-18/h4-7,12-13,17H,8-11,14H2,1-3H3,(H,21,24). The van der Waals surface area contributed by atoms with Crippen molar-refractivity contribution < 1.29 is 17.6 Å². The minimum Gasteiger partial charge on any atom is -0.467 e. The Kier molecular flexibility index (Phi) is 6.22. The largest absolute Gasteiger partial charge is 0.467 e. The Bertz CT molecular complexity index is 917. The molecule has 2 heterocycles. The lowest BCUT2D eigenvalue weighted by Gasteiger charge is -2.34. The van der Waals surface area contributed by atoms with Crippen molar-refractivity contribution in [3.63, 3.8) is 0 Å². The first-order valence-corrected chi connectivity index (χ1v) is 10.8. The molecule has 1 amide bonds. The highest BCUT2D eigenvalue weighted by molar-refractivity contribution is 7.89. The second kappa shape index (κ2) is 8.46. The zero-order chi connectivity index (χ0) is 20.3. The molecule has 7 nitrogen and oxygen atoms in total. The maximum atomic E-state index is 12.9. The second-order valence-corrected chi connectivity index (χ2v) is 9.16. The average Bonchev–Trinajstić information content (AvgIpc) is 3.16. The highest BCUT2D eigenvalue weighted by Crippen LogP contribution is 2.22. The van der Waals surface area contributed by atoms with Gasteiger partial charge in [-0.15, -0.1) is 0 Å². The van der Waals surface area contributed by atoms with Crippen LogP contribution in [-0.4, -0.2) is 56.3 Å². The molecule has 28 heavy (non-hydrogen) atoms. The SMILES string of the molecule is Cc1ccc(S(=O)(=O)N2CCN(CC(=O)NC(C)c3ccco3)CC2)c(C)c1. The van der Waals surface area contributed by atoms with Crippen molar-refractivity contribution in [1.82, 2.24) is 14.5 Å². The van der Waals surface area contributed by atoms with Crippen LogP contribution in [0.3, 0.4) is 0 Å². The molecule has 2 aromatic rings. The molecule has 0 saturated carbocycles. The Morgan fingerprint density at radius 1 is 1.18 bits per heavy atom. The first-order valence-electron chi connectivity index (χ1n) is 9.40. The molecule has 0 radical (unpaired) electrons. The number of rotatable bonds is 6. The smallest absolute Gasteiger partial charge is 0.243 e. The maximum Gasteiger partial charge on any atom is 0.243 e. The number of furan rings is 1. The van der Waals surface area contributed by atoms with Gasteiger partial charge in [-0.2, -0.15) is 4.31 Å². The van der Waals surface area contributed by atoms with E-state index in [1.54, 1.807) is 18.4 Å². The Morgan fingerprint density at radius 3 is 2.50 bits per heavy atom. The third-order valence-corrected chi connectivity index (χ3v) is 7.05. The molecule has 1 atom stereocenters. The van der Waals surface area contributed by atoms with E-state index < -0.39 is 10.0 Å². The highest BCUT2D eigenvalue weighted by Gasteiger charge is 2.30. The number of nitrogens with one attached hydrogen (secondary N) is 1. The van der Waals surface area contributed by atoms with Gasteiger partial charge in [-0.05, 0) is 44.5 Å². The predicted molar refractivity (Wildman–Crippen MR) is 106 cm³/mol. The summed E-state index contributed by atoms with van der Waals surface area (Å²) in [5.41, 5.74) is 1.80. The van der Waals surface area contributed by atoms with Gasteiger partial charge < -0.3 is 9.73 Å². The zero-order valence-corrected chi connectivity index (χ0v) is 17.3. The van der Waals surface area contributed by atoms with Gasteiger partial charge in [0.2, 0.25) is 15.9 Å². The monoisotopic (exact) mass is 405 g/mol. The van der Waals surface area contributed by atoms with Crippen LogP contribution in [0.4, 0.5) is 0 Å². The van der Waals surface area contributed by atoms with Gasteiger partial charge in [0.15, 0.2) is 0 Å². The zero-order valence-electron chi connectivity index (χ0n) is 16.5. The van der Waals surface area contributed by atoms with E-state index in [1.807, 2.05) is 43.9 Å². The van der Waals surface area contributed by atoms with Gasteiger partial charge in [0.25, 0.3) is 0 Å². The molecule has 1 N–H and O–H groups in total. The highest BCUT2D eigenvalue weighted by atomic mass is 32.2. The van der Waals surface area contributed by atoms with Crippen LogP contribution in [0.1, 0.15) is 29.9 Å². The topological polar surface area (TPSA) is 82.9 Å². The van der Waals surface area contributed by atoms with Crippen molar-refractivity contribution in [3.8, 4) is 0 Å². The molecule has 0 bridgehead atoms. The number of aryl methyl sites for hydroxylation is 2. The van der Waals surface area contributed by atoms with Gasteiger partial charge >= 0.3 is 0 Å². The van der Waals surface area contributed by atoms with Gasteiger partial charge in [0.05, 0.1) is 23.7 Å². The number of nitrogens with zero attached hydrogens (tertiary/aromatic N) is 2. The summed E-state index contributed by atoms with van der Waals surface area (Å²) in [5, 5.41) is 2.90. The summed E-state index contributed by atoms with van der Waals surface area (Å²) in [6.45, 7) is 7.65. The quantitative estimate of drug-likeness (QED) is 0.796. The van der Waals surface area contributed by atoms with E-state index in [4.69, 9.17) is 4.42 Å². The molecule has 1 saturated heterocycles. The predicted octanol–water partition coefficient (Wildman–Crippen LogP) is 2.08. The third-order valence-electron chi connectivity index (χ3n) is 4.99. The number of hydrogen-bond donors (Lipinski definition) is 1. The van der Waals surface area contributed by atoms with Gasteiger partial charge in [0.1, 0.15) is 5.76 Å². The summed E-state index contributed by atoms with van der Waals surface area (Å²) in [6, 6.07) is 8.79. The van der Waals surface area contributed by atoms with Crippen molar-refractivity contribution in [3.05, 3.63) is 53.5 Å². The molecular formula is C20H27N3O4S. The van der Waals surface area contributed by atoms with Crippen molar-refractivity contribution >= 4 is 15.9 Å². The normalized spacial score (nSPS) is 17.4. The molecule has 152 valence electrons. The van der Waals surface area contributed by atoms with E-state index in [-0.39, 0.29) is 18.5 Å². The number of piperazine rings is 1.